The van der Waals surface area contributed by atoms with Gasteiger partial charge in [0.25, 0.3) is 0 Å². The van der Waals surface area contributed by atoms with E-state index in [1.807, 2.05) is 0 Å². The molecule has 2 aromatic heterocycles. The van der Waals surface area contributed by atoms with Crippen LogP contribution in [0.1, 0.15) is 5.56 Å². The topological polar surface area (TPSA) is 74.0 Å². The molecular weight excluding hydrogens is 449 g/mol. The summed E-state index contributed by atoms with van der Waals surface area (Å²) >= 11 is 0. The summed E-state index contributed by atoms with van der Waals surface area (Å²) in [6, 6.07) is 9.61. The van der Waals surface area contributed by atoms with Crippen LogP contribution in [0.3, 0.4) is 0 Å². The van der Waals surface area contributed by atoms with Crippen LogP contribution in [0.15, 0.2) is 53.5 Å². The molecule has 7 nitrogen and oxygen atoms in total. The lowest BCUT2D eigenvalue weighted by Crippen LogP contribution is -2.24. The monoisotopic (exact) mass is 465 g/mol. The molecule has 4 aromatic rings. The van der Waals surface area contributed by atoms with Crippen LogP contribution in [0.2, 0.25) is 0 Å². The molecule has 4 rings (SSSR count). The van der Waals surface area contributed by atoms with Crippen molar-refractivity contribution in [2.24, 2.45) is 0 Å². The van der Waals surface area contributed by atoms with Crippen LogP contribution in [-0.2, 0) is 6.54 Å². The second-order valence-corrected chi connectivity index (χ2v) is 6.98. The minimum atomic E-state index is -4.51. The maximum atomic E-state index is 14.2. The maximum absolute atomic E-state index is 14.2. The average molecular weight is 465 g/mol. The molecule has 33 heavy (non-hydrogen) atoms. The number of alkyl halides is 3. The van der Waals surface area contributed by atoms with Crippen molar-refractivity contribution in [1.29, 1.82) is 0 Å². The van der Waals surface area contributed by atoms with Gasteiger partial charge < -0.3 is 10.1 Å². The molecule has 0 radical (unpaired) electrons. The number of hydrogen-bond donors (Lipinski definition) is 1. The fourth-order valence-corrected chi connectivity index (χ4v) is 3.28. The van der Waals surface area contributed by atoms with Crippen LogP contribution in [0, 0.1) is 11.6 Å². The number of ether oxygens (including phenoxy) is 1. The van der Waals surface area contributed by atoms with Gasteiger partial charge in [0.1, 0.15) is 29.4 Å². The normalized spacial score (nSPS) is 11.7. The van der Waals surface area contributed by atoms with Crippen molar-refractivity contribution in [3.8, 4) is 11.4 Å². The summed E-state index contributed by atoms with van der Waals surface area (Å²) in [6.45, 7) is -1.87. The molecule has 1 N–H and O–H groups in total. The van der Waals surface area contributed by atoms with Crippen molar-refractivity contribution in [1.82, 2.24) is 19.1 Å². The van der Waals surface area contributed by atoms with E-state index in [9.17, 15) is 26.7 Å². The predicted molar refractivity (Wildman–Crippen MR) is 110 cm³/mol. The third-order valence-electron chi connectivity index (χ3n) is 4.81. The zero-order valence-corrected chi connectivity index (χ0v) is 17.0. The molecule has 0 unspecified atom stereocenters. The van der Waals surface area contributed by atoms with Gasteiger partial charge in [-0.25, -0.2) is 23.1 Å². The Labute approximate surface area is 183 Å². The standard InChI is InChI=1S/C21H16F5N5O2/c1-33-13-5-2-4-12(8-13)31-18-17(9-27-19(29-18)28-11-21(24,25)26)30(20(31)32)10-14-15(22)6-3-7-16(14)23/h2-9H,10-11H2,1H3,(H,27,28,29). The number of imidazole rings is 1. The molecule has 0 aliphatic carbocycles. The van der Waals surface area contributed by atoms with Crippen molar-refractivity contribution in [2.75, 3.05) is 19.0 Å². The van der Waals surface area contributed by atoms with Gasteiger partial charge >= 0.3 is 11.9 Å². The largest absolute Gasteiger partial charge is 0.497 e. The Morgan fingerprint density at radius 1 is 1.09 bits per heavy atom. The van der Waals surface area contributed by atoms with Gasteiger partial charge in [0.2, 0.25) is 5.95 Å². The first kappa shape index (κ1) is 22.2. The van der Waals surface area contributed by atoms with Crippen molar-refractivity contribution in [3.63, 3.8) is 0 Å². The van der Waals surface area contributed by atoms with Crippen LogP contribution in [-0.4, -0.2) is 38.9 Å². The van der Waals surface area contributed by atoms with Crippen molar-refractivity contribution in [2.45, 2.75) is 12.7 Å². The van der Waals surface area contributed by atoms with E-state index < -0.39 is 36.6 Å². The number of benzene rings is 2. The minimum absolute atomic E-state index is 0.0512. The molecule has 0 atom stereocenters. The third kappa shape index (κ3) is 4.49. The highest BCUT2D eigenvalue weighted by molar-refractivity contribution is 5.74. The van der Waals surface area contributed by atoms with E-state index >= 15 is 0 Å². The van der Waals surface area contributed by atoms with E-state index in [1.54, 1.807) is 18.2 Å². The second kappa shape index (κ2) is 8.52. The molecule has 0 aliphatic heterocycles. The third-order valence-corrected chi connectivity index (χ3v) is 4.81. The molecule has 12 heteroatoms. The predicted octanol–water partition coefficient (Wildman–Crippen LogP) is 3.89. The second-order valence-electron chi connectivity index (χ2n) is 6.98. The summed E-state index contributed by atoms with van der Waals surface area (Å²) in [5.41, 5.74) is -0.767. The van der Waals surface area contributed by atoms with Crippen LogP contribution in [0.25, 0.3) is 16.9 Å². The van der Waals surface area contributed by atoms with Gasteiger partial charge in [0, 0.05) is 11.6 Å². The van der Waals surface area contributed by atoms with Crippen molar-refractivity contribution < 1.29 is 26.7 Å². The molecule has 0 bridgehead atoms. The van der Waals surface area contributed by atoms with E-state index in [4.69, 9.17) is 4.74 Å². The number of nitrogens with one attached hydrogen (secondary N) is 1. The number of fused-ring (bicyclic) bond motifs is 1. The number of aromatic nitrogens is 4. The highest BCUT2D eigenvalue weighted by atomic mass is 19.4. The quantitative estimate of drug-likeness (QED) is 0.438. The van der Waals surface area contributed by atoms with Crippen molar-refractivity contribution in [3.05, 3.63) is 76.3 Å². The van der Waals surface area contributed by atoms with Gasteiger partial charge in [-0.05, 0) is 24.3 Å². The van der Waals surface area contributed by atoms with Crippen LogP contribution in [0.4, 0.5) is 27.9 Å². The molecule has 0 fully saturated rings. The number of anilines is 1. The molecule has 0 saturated heterocycles. The van der Waals surface area contributed by atoms with E-state index in [-0.39, 0.29) is 28.4 Å². The van der Waals surface area contributed by atoms with Gasteiger partial charge in [-0.15, -0.1) is 0 Å². The molecular formula is C21H16F5N5O2. The number of halogens is 5. The summed E-state index contributed by atoms with van der Waals surface area (Å²) in [5.74, 6) is -1.67. The average Bonchev–Trinajstić information content (AvgIpc) is 3.05. The first-order chi connectivity index (χ1) is 15.7. The summed E-state index contributed by atoms with van der Waals surface area (Å²) in [4.78, 5) is 21.2. The minimum Gasteiger partial charge on any atom is -0.497 e. The summed E-state index contributed by atoms with van der Waals surface area (Å²) in [7, 11) is 1.42. The summed E-state index contributed by atoms with van der Waals surface area (Å²) < 4.78 is 73.6. The van der Waals surface area contributed by atoms with Gasteiger partial charge in [-0.2, -0.15) is 18.2 Å². The SMILES string of the molecule is COc1cccc(-n2c(=O)n(Cc3c(F)cccc3F)c3cnc(NCC(F)(F)F)nc32)c1. The zero-order valence-electron chi connectivity index (χ0n) is 17.0. The van der Waals surface area contributed by atoms with Crippen molar-refractivity contribution >= 4 is 17.1 Å². The first-order valence-corrected chi connectivity index (χ1v) is 9.54. The van der Waals surface area contributed by atoms with Crippen LogP contribution in [0.5, 0.6) is 5.75 Å². The Kier molecular flexibility index (Phi) is 5.75. The van der Waals surface area contributed by atoms with Gasteiger partial charge in [-0.1, -0.05) is 12.1 Å². The Morgan fingerprint density at radius 2 is 1.79 bits per heavy atom. The molecule has 2 heterocycles. The Bertz CT molecular complexity index is 1360. The molecule has 0 saturated carbocycles. The highest BCUT2D eigenvalue weighted by Gasteiger charge is 2.27. The summed E-state index contributed by atoms with van der Waals surface area (Å²) in [6.07, 6.45) is -3.39. The Morgan fingerprint density at radius 3 is 2.45 bits per heavy atom. The van der Waals surface area contributed by atoms with E-state index in [0.717, 1.165) is 27.5 Å². The fraction of sp³-hybridized carbons (Fsp3) is 0.190. The molecule has 0 aliphatic rings. The number of methoxy groups -OCH3 is 1. The molecule has 172 valence electrons. The Balaban J connectivity index is 1.91. The maximum Gasteiger partial charge on any atom is 0.405 e. The lowest BCUT2D eigenvalue weighted by molar-refractivity contribution is -0.115. The van der Waals surface area contributed by atoms with E-state index in [1.165, 1.54) is 19.2 Å². The zero-order chi connectivity index (χ0) is 23.8. The van der Waals surface area contributed by atoms with Crippen LogP contribution < -0.4 is 15.7 Å². The van der Waals surface area contributed by atoms with Gasteiger partial charge in [-0.3, -0.25) is 4.57 Å². The number of nitrogens with zero attached hydrogens (tertiary/aromatic N) is 4. The van der Waals surface area contributed by atoms with E-state index in [2.05, 4.69) is 15.3 Å². The van der Waals surface area contributed by atoms with E-state index in [0.29, 0.717) is 5.75 Å². The molecule has 0 amide bonds. The Hall–Kier alpha value is -3.96. The number of hydrogen-bond acceptors (Lipinski definition) is 5. The fourth-order valence-electron chi connectivity index (χ4n) is 3.28. The molecule has 2 aromatic carbocycles. The van der Waals surface area contributed by atoms with Crippen LogP contribution >= 0.6 is 0 Å². The van der Waals surface area contributed by atoms with Gasteiger partial charge in [0.05, 0.1) is 25.5 Å². The lowest BCUT2D eigenvalue weighted by atomic mass is 10.2. The lowest BCUT2D eigenvalue weighted by Gasteiger charge is -2.09. The highest BCUT2D eigenvalue weighted by Crippen LogP contribution is 2.23. The first-order valence-electron chi connectivity index (χ1n) is 9.54. The number of rotatable bonds is 6. The summed E-state index contributed by atoms with van der Waals surface area (Å²) in [5, 5.41) is 2.06. The van der Waals surface area contributed by atoms with Gasteiger partial charge in [0.15, 0.2) is 5.65 Å². The molecule has 0 spiro atoms. The smallest absolute Gasteiger partial charge is 0.405 e.